The van der Waals surface area contributed by atoms with Gasteiger partial charge in [-0.05, 0) is 36.5 Å². The van der Waals surface area contributed by atoms with Crippen LogP contribution in [0.25, 0.3) is 5.65 Å². The van der Waals surface area contributed by atoms with E-state index in [2.05, 4.69) is 27.2 Å². The number of aryl methyl sites for hydroxylation is 1. The fourth-order valence-electron chi connectivity index (χ4n) is 3.06. The molecular weight excluding hydrogens is 278 g/mol. The van der Waals surface area contributed by atoms with Crippen molar-refractivity contribution in [1.82, 2.24) is 19.4 Å². The molecule has 3 aromatic rings. The van der Waals surface area contributed by atoms with Gasteiger partial charge >= 0.3 is 0 Å². The minimum Gasteiger partial charge on any atom is -0.303 e. The first kappa shape index (κ1) is 12.9. The number of pyridine rings is 1. The fraction of sp³-hybridized carbons (Fsp3) is 0.250. The second-order valence-electron chi connectivity index (χ2n) is 5.55. The lowest BCUT2D eigenvalue weighted by Crippen LogP contribution is -2.16. The molecule has 0 saturated heterocycles. The van der Waals surface area contributed by atoms with Crippen LogP contribution in [-0.4, -0.2) is 25.3 Å². The summed E-state index contributed by atoms with van der Waals surface area (Å²) in [7, 11) is 0. The van der Waals surface area contributed by atoms with E-state index in [1.54, 1.807) is 24.7 Å². The Morgan fingerprint density at radius 2 is 2.09 bits per heavy atom. The van der Waals surface area contributed by atoms with E-state index in [0.717, 1.165) is 12.8 Å². The van der Waals surface area contributed by atoms with Crippen LogP contribution >= 0.6 is 0 Å². The molecule has 1 N–H and O–H groups in total. The molecule has 1 aliphatic rings. The zero-order chi connectivity index (χ0) is 15.1. The maximum atomic E-state index is 12.6. The van der Waals surface area contributed by atoms with E-state index in [0.29, 0.717) is 23.1 Å². The fourth-order valence-corrected chi connectivity index (χ4v) is 3.06. The van der Waals surface area contributed by atoms with Crippen LogP contribution in [-0.2, 0) is 6.42 Å². The molecule has 0 spiro atoms. The SMILES string of the molecule is CC1CCc2c1cc(C(=O)Nc1ncccn1)c1nccn21. The van der Waals surface area contributed by atoms with Gasteiger partial charge in [-0.1, -0.05) is 6.92 Å². The van der Waals surface area contributed by atoms with Crippen molar-refractivity contribution in [1.29, 1.82) is 0 Å². The average Bonchev–Trinajstić information content (AvgIpc) is 3.14. The van der Waals surface area contributed by atoms with Gasteiger partial charge in [0.15, 0.2) is 0 Å². The Morgan fingerprint density at radius 3 is 2.91 bits per heavy atom. The topological polar surface area (TPSA) is 72.2 Å². The van der Waals surface area contributed by atoms with E-state index in [-0.39, 0.29) is 5.91 Å². The molecule has 0 fully saturated rings. The Morgan fingerprint density at radius 1 is 1.27 bits per heavy atom. The van der Waals surface area contributed by atoms with Crippen molar-refractivity contribution in [2.75, 3.05) is 5.32 Å². The molecule has 1 atom stereocenters. The van der Waals surface area contributed by atoms with E-state index >= 15 is 0 Å². The lowest BCUT2D eigenvalue weighted by atomic mass is 10.0. The molecule has 22 heavy (non-hydrogen) atoms. The molecule has 3 heterocycles. The number of carbonyl (C=O) groups excluding carboxylic acids is 1. The average molecular weight is 293 g/mol. The van der Waals surface area contributed by atoms with Gasteiger partial charge in [-0.2, -0.15) is 0 Å². The molecule has 0 saturated carbocycles. The Hall–Kier alpha value is -2.76. The van der Waals surface area contributed by atoms with Gasteiger partial charge in [-0.25, -0.2) is 15.0 Å². The third kappa shape index (κ3) is 1.95. The number of fused-ring (bicyclic) bond motifs is 3. The van der Waals surface area contributed by atoms with Crippen molar-refractivity contribution in [2.24, 2.45) is 0 Å². The molecule has 1 aliphatic carbocycles. The summed E-state index contributed by atoms with van der Waals surface area (Å²) in [6, 6.07) is 3.67. The van der Waals surface area contributed by atoms with Gasteiger partial charge in [0, 0.05) is 30.5 Å². The largest absolute Gasteiger partial charge is 0.303 e. The summed E-state index contributed by atoms with van der Waals surface area (Å²) < 4.78 is 2.03. The Kier molecular flexibility index (Phi) is 2.89. The summed E-state index contributed by atoms with van der Waals surface area (Å²) in [6.45, 7) is 2.19. The number of imidazole rings is 1. The highest BCUT2D eigenvalue weighted by Crippen LogP contribution is 2.34. The summed E-state index contributed by atoms with van der Waals surface area (Å²) in [6.07, 6.45) is 8.97. The number of aromatic nitrogens is 4. The lowest BCUT2D eigenvalue weighted by molar-refractivity contribution is 0.102. The molecule has 1 unspecified atom stereocenters. The molecule has 3 aromatic heterocycles. The molecule has 6 nitrogen and oxygen atoms in total. The summed E-state index contributed by atoms with van der Waals surface area (Å²) in [5, 5.41) is 2.73. The summed E-state index contributed by atoms with van der Waals surface area (Å²) in [5.74, 6) is 0.524. The van der Waals surface area contributed by atoms with Crippen molar-refractivity contribution in [3.05, 3.63) is 53.7 Å². The van der Waals surface area contributed by atoms with Crippen LogP contribution in [0.1, 0.15) is 40.9 Å². The van der Waals surface area contributed by atoms with Gasteiger partial charge in [-0.15, -0.1) is 0 Å². The standard InChI is InChI=1S/C16H15N5O/c1-10-3-4-13-11(10)9-12(14-17-7-8-21(13)14)15(22)20-16-18-5-2-6-19-16/h2,5-10H,3-4H2,1H3,(H,18,19,20,22). The van der Waals surface area contributed by atoms with Gasteiger partial charge in [0.25, 0.3) is 5.91 Å². The van der Waals surface area contributed by atoms with Crippen LogP contribution in [0.4, 0.5) is 5.95 Å². The van der Waals surface area contributed by atoms with E-state index < -0.39 is 0 Å². The molecule has 4 rings (SSSR count). The van der Waals surface area contributed by atoms with Crippen molar-refractivity contribution >= 4 is 17.5 Å². The van der Waals surface area contributed by atoms with Gasteiger partial charge in [0.05, 0.1) is 5.56 Å². The minimum atomic E-state index is -0.232. The number of hydrogen-bond donors (Lipinski definition) is 1. The first-order chi connectivity index (χ1) is 10.7. The highest BCUT2D eigenvalue weighted by Gasteiger charge is 2.25. The van der Waals surface area contributed by atoms with Crippen LogP contribution in [0.5, 0.6) is 0 Å². The number of anilines is 1. The molecule has 0 bridgehead atoms. The normalized spacial score (nSPS) is 16.7. The Labute approximate surface area is 127 Å². The summed E-state index contributed by atoms with van der Waals surface area (Å²) in [4.78, 5) is 25.0. The number of amides is 1. The molecule has 6 heteroatoms. The van der Waals surface area contributed by atoms with Crippen LogP contribution in [0.15, 0.2) is 36.9 Å². The highest BCUT2D eigenvalue weighted by atomic mass is 16.1. The van der Waals surface area contributed by atoms with Crippen LogP contribution in [0.3, 0.4) is 0 Å². The second kappa shape index (κ2) is 4.91. The molecular formula is C16H15N5O. The maximum absolute atomic E-state index is 12.6. The molecule has 110 valence electrons. The Bertz CT molecular complexity index is 856. The van der Waals surface area contributed by atoms with Crippen molar-refractivity contribution in [2.45, 2.75) is 25.7 Å². The summed E-state index contributed by atoms with van der Waals surface area (Å²) in [5.41, 5.74) is 3.73. The van der Waals surface area contributed by atoms with Crippen molar-refractivity contribution in [3.63, 3.8) is 0 Å². The number of hydrogen-bond acceptors (Lipinski definition) is 4. The molecule has 0 radical (unpaired) electrons. The predicted molar refractivity (Wildman–Crippen MR) is 81.9 cm³/mol. The number of nitrogens with zero attached hydrogens (tertiary/aromatic N) is 4. The van der Waals surface area contributed by atoms with Crippen molar-refractivity contribution in [3.8, 4) is 0 Å². The van der Waals surface area contributed by atoms with E-state index in [1.807, 2.05) is 16.7 Å². The predicted octanol–water partition coefficient (Wildman–Crippen LogP) is 2.43. The second-order valence-corrected chi connectivity index (χ2v) is 5.55. The van der Waals surface area contributed by atoms with E-state index in [4.69, 9.17) is 0 Å². The van der Waals surface area contributed by atoms with Crippen LogP contribution in [0, 0.1) is 0 Å². The molecule has 0 aliphatic heterocycles. The lowest BCUT2D eigenvalue weighted by Gasteiger charge is -2.11. The van der Waals surface area contributed by atoms with Crippen LogP contribution in [0.2, 0.25) is 0 Å². The van der Waals surface area contributed by atoms with E-state index in [1.165, 1.54) is 11.3 Å². The minimum absolute atomic E-state index is 0.232. The first-order valence-electron chi connectivity index (χ1n) is 7.31. The molecule has 0 aromatic carbocycles. The first-order valence-corrected chi connectivity index (χ1v) is 7.31. The smallest absolute Gasteiger partial charge is 0.261 e. The van der Waals surface area contributed by atoms with Crippen LogP contribution < -0.4 is 5.32 Å². The number of rotatable bonds is 2. The van der Waals surface area contributed by atoms with Gasteiger partial charge in [-0.3, -0.25) is 10.1 Å². The third-order valence-electron chi connectivity index (χ3n) is 4.19. The quantitative estimate of drug-likeness (QED) is 0.787. The van der Waals surface area contributed by atoms with Gasteiger partial charge < -0.3 is 4.40 Å². The monoisotopic (exact) mass is 293 g/mol. The number of carbonyl (C=O) groups is 1. The third-order valence-corrected chi connectivity index (χ3v) is 4.19. The van der Waals surface area contributed by atoms with E-state index in [9.17, 15) is 4.79 Å². The number of nitrogens with one attached hydrogen (secondary N) is 1. The molecule has 1 amide bonds. The Balaban J connectivity index is 1.80. The van der Waals surface area contributed by atoms with Gasteiger partial charge in [0.2, 0.25) is 5.95 Å². The summed E-state index contributed by atoms with van der Waals surface area (Å²) >= 11 is 0. The zero-order valence-corrected chi connectivity index (χ0v) is 12.2. The maximum Gasteiger partial charge on any atom is 0.261 e. The zero-order valence-electron chi connectivity index (χ0n) is 12.2. The highest BCUT2D eigenvalue weighted by molar-refractivity contribution is 6.07. The van der Waals surface area contributed by atoms with Gasteiger partial charge in [0.1, 0.15) is 5.65 Å². The van der Waals surface area contributed by atoms with Crippen molar-refractivity contribution < 1.29 is 4.79 Å².